The van der Waals surface area contributed by atoms with E-state index in [4.69, 9.17) is 21.4 Å². The van der Waals surface area contributed by atoms with Gasteiger partial charge in [0, 0.05) is 14.8 Å². The molecule has 0 spiro atoms. The molecule has 0 aliphatic rings. The smallest absolute Gasteiger partial charge is 0.339 e. The maximum atomic E-state index is 11.7. The van der Waals surface area contributed by atoms with Gasteiger partial charge in [0.25, 0.3) is 0 Å². The molecule has 0 aliphatic heterocycles. The molecule has 2 aromatic carbocycles. The van der Waals surface area contributed by atoms with Gasteiger partial charge in [-0.1, -0.05) is 23.4 Å². The maximum absolute atomic E-state index is 11.7. The summed E-state index contributed by atoms with van der Waals surface area (Å²) in [5.74, 6) is -1.45. The number of carbonyl (C=O) groups is 2. The molecule has 0 atom stereocenters. The highest BCUT2D eigenvalue weighted by molar-refractivity contribution is 7.99. The van der Waals surface area contributed by atoms with E-state index in [1.165, 1.54) is 31.0 Å². The van der Waals surface area contributed by atoms with Crippen LogP contribution in [0.2, 0.25) is 5.02 Å². The second-order valence-electron chi connectivity index (χ2n) is 4.06. The van der Waals surface area contributed by atoms with E-state index in [1.54, 1.807) is 30.3 Å². The lowest BCUT2D eigenvalue weighted by Crippen LogP contribution is -2.03. The fourth-order valence-electron chi connectivity index (χ4n) is 1.65. The summed E-state index contributed by atoms with van der Waals surface area (Å²) in [7, 11) is 1.30. The van der Waals surface area contributed by atoms with E-state index >= 15 is 0 Å². The SMILES string of the molecule is COC(=O)c1cc(Cl)ccc1Sc1ccc(C(=O)O)cc1. The summed E-state index contributed by atoms with van der Waals surface area (Å²) >= 11 is 7.23. The van der Waals surface area contributed by atoms with Crippen LogP contribution in [0.5, 0.6) is 0 Å². The van der Waals surface area contributed by atoms with Crippen molar-refractivity contribution in [1.82, 2.24) is 0 Å². The van der Waals surface area contributed by atoms with Crippen LogP contribution in [0.4, 0.5) is 0 Å². The third kappa shape index (κ3) is 3.77. The Balaban J connectivity index is 2.30. The minimum Gasteiger partial charge on any atom is -0.478 e. The molecule has 2 rings (SSSR count). The molecule has 0 radical (unpaired) electrons. The normalized spacial score (nSPS) is 10.2. The average molecular weight is 323 g/mol. The van der Waals surface area contributed by atoms with Gasteiger partial charge in [0.15, 0.2) is 0 Å². The molecule has 108 valence electrons. The highest BCUT2D eigenvalue weighted by Gasteiger charge is 2.14. The molecule has 4 nitrogen and oxygen atoms in total. The van der Waals surface area contributed by atoms with E-state index in [1.807, 2.05) is 0 Å². The van der Waals surface area contributed by atoms with Gasteiger partial charge >= 0.3 is 11.9 Å². The number of methoxy groups -OCH3 is 1. The Morgan fingerprint density at radius 1 is 1.14 bits per heavy atom. The lowest BCUT2D eigenvalue weighted by molar-refractivity contribution is 0.0596. The highest BCUT2D eigenvalue weighted by atomic mass is 35.5. The van der Waals surface area contributed by atoms with E-state index in [9.17, 15) is 9.59 Å². The maximum Gasteiger partial charge on any atom is 0.339 e. The van der Waals surface area contributed by atoms with Gasteiger partial charge in [-0.15, -0.1) is 0 Å². The molecule has 0 aliphatic carbocycles. The van der Waals surface area contributed by atoms with Crippen molar-refractivity contribution in [3.05, 3.63) is 58.6 Å². The van der Waals surface area contributed by atoms with E-state index < -0.39 is 11.9 Å². The molecule has 0 fully saturated rings. The molecule has 6 heteroatoms. The van der Waals surface area contributed by atoms with Gasteiger partial charge in [0.1, 0.15) is 0 Å². The fraction of sp³-hybridized carbons (Fsp3) is 0.0667. The van der Waals surface area contributed by atoms with Gasteiger partial charge in [0.05, 0.1) is 18.2 Å². The Hall–Kier alpha value is -1.98. The molecule has 21 heavy (non-hydrogen) atoms. The van der Waals surface area contributed by atoms with Gasteiger partial charge in [0.2, 0.25) is 0 Å². The van der Waals surface area contributed by atoms with Crippen molar-refractivity contribution >= 4 is 35.3 Å². The summed E-state index contributed by atoms with van der Waals surface area (Å²) in [5, 5.41) is 9.31. The van der Waals surface area contributed by atoms with Crippen LogP contribution in [0, 0.1) is 0 Å². The minimum absolute atomic E-state index is 0.212. The predicted molar refractivity (Wildman–Crippen MR) is 80.3 cm³/mol. The Bertz CT molecular complexity index is 683. The van der Waals surface area contributed by atoms with E-state index in [0.717, 1.165) is 4.90 Å². The molecular formula is C15H11ClO4S. The van der Waals surface area contributed by atoms with Crippen LogP contribution in [-0.2, 0) is 4.74 Å². The molecule has 0 unspecified atom stereocenters. The molecule has 0 aromatic heterocycles. The number of carboxylic acids is 1. The number of ether oxygens (including phenoxy) is 1. The van der Waals surface area contributed by atoms with Crippen LogP contribution in [0.3, 0.4) is 0 Å². The summed E-state index contributed by atoms with van der Waals surface area (Å²) in [6.07, 6.45) is 0. The summed E-state index contributed by atoms with van der Waals surface area (Å²) in [6.45, 7) is 0. The molecule has 2 aromatic rings. The number of benzene rings is 2. The van der Waals surface area contributed by atoms with Crippen molar-refractivity contribution in [1.29, 1.82) is 0 Å². The third-order valence-electron chi connectivity index (χ3n) is 2.68. The van der Waals surface area contributed by atoms with Crippen molar-refractivity contribution in [3.8, 4) is 0 Å². The molecule has 0 bridgehead atoms. The van der Waals surface area contributed by atoms with Crippen molar-refractivity contribution in [2.75, 3.05) is 7.11 Å². The molecular weight excluding hydrogens is 312 g/mol. The number of halogens is 1. The van der Waals surface area contributed by atoms with Gasteiger partial charge in [-0.25, -0.2) is 9.59 Å². The minimum atomic E-state index is -0.978. The van der Waals surface area contributed by atoms with Gasteiger partial charge in [-0.3, -0.25) is 0 Å². The Kier molecular flexibility index (Phi) is 4.88. The van der Waals surface area contributed by atoms with Crippen LogP contribution >= 0.6 is 23.4 Å². The number of hydrogen-bond donors (Lipinski definition) is 1. The van der Waals surface area contributed by atoms with E-state index in [2.05, 4.69) is 0 Å². The summed E-state index contributed by atoms with van der Waals surface area (Å²) < 4.78 is 4.73. The fourth-order valence-corrected chi connectivity index (χ4v) is 2.74. The number of rotatable bonds is 4. The number of carboxylic acid groups (broad SMARTS) is 1. The van der Waals surface area contributed by atoms with Crippen LogP contribution in [0.25, 0.3) is 0 Å². The summed E-state index contributed by atoms with van der Waals surface area (Å²) in [4.78, 5) is 24.1. The second-order valence-corrected chi connectivity index (χ2v) is 5.62. The number of esters is 1. The molecule has 1 N–H and O–H groups in total. The number of hydrogen-bond acceptors (Lipinski definition) is 4. The number of aromatic carboxylic acids is 1. The van der Waals surface area contributed by atoms with E-state index in [-0.39, 0.29) is 5.56 Å². The van der Waals surface area contributed by atoms with Crippen molar-refractivity contribution in [2.45, 2.75) is 9.79 Å². The first-order valence-corrected chi connectivity index (χ1v) is 7.10. The Labute approximate surface area is 130 Å². The highest BCUT2D eigenvalue weighted by Crippen LogP contribution is 2.32. The predicted octanol–water partition coefficient (Wildman–Crippen LogP) is 3.98. The van der Waals surface area contributed by atoms with Crippen molar-refractivity contribution < 1.29 is 19.4 Å². The topological polar surface area (TPSA) is 63.6 Å². The zero-order valence-electron chi connectivity index (χ0n) is 11.0. The van der Waals surface area contributed by atoms with Crippen LogP contribution < -0.4 is 0 Å². The van der Waals surface area contributed by atoms with Crippen LogP contribution in [0.15, 0.2) is 52.3 Å². The number of carbonyl (C=O) groups excluding carboxylic acids is 1. The molecule has 0 saturated carbocycles. The van der Waals surface area contributed by atoms with Gasteiger partial charge in [-0.2, -0.15) is 0 Å². The average Bonchev–Trinajstić information content (AvgIpc) is 2.48. The van der Waals surface area contributed by atoms with E-state index in [0.29, 0.717) is 15.5 Å². The van der Waals surface area contributed by atoms with Crippen molar-refractivity contribution in [3.63, 3.8) is 0 Å². The lowest BCUT2D eigenvalue weighted by Gasteiger charge is -2.08. The lowest BCUT2D eigenvalue weighted by atomic mass is 10.2. The van der Waals surface area contributed by atoms with Gasteiger partial charge < -0.3 is 9.84 Å². The summed E-state index contributed by atoms with van der Waals surface area (Å²) in [5.41, 5.74) is 0.584. The Morgan fingerprint density at radius 3 is 2.38 bits per heavy atom. The molecule has 0 saturated heterocycles. The first kappa shape index (κ1) is 15.4. The second kappa shape index (κ2) is 6.65. The first-order valence-electron chi connectivity index (χ1n) is 5.90. The zero-order valence-corrected chi connectivity index (χ0v) is 12.6. The Morgan fingerprint density at radius 2 is 1.81 bits per heavy atom. The quantitative estimate of drug-likeness (QED) is 0.863. The monoisotopic (exact) mass is 322 g/mol. The largest absolute Gasteiger partial charge is 0.478 e. The molecule has 0 heterocycles. The first-order chi connectivity index (χ1) is 10.0. The third-order valence-corrected chi connectivity index (χ3v) is 3.99. The molecule has 0 amide bonds. The van der Waals surface area contributed by atoms with Crippen LogP contribution in [0.1, 0.15) is 20.7 Å². The van der Waals surface area contributed by atoms with Crippen molar-refractivity contribution in [2.24, 2.45) is 0 Å². The standard InChI is InChI=1S/C15H11ClO4S/c1-20-15(19)12-8-10(16)4-7-13(12)21-11-5-2-9(3-6-11)14(17)18/h2-8H,1H3,(H,17,18). The summed E-state index contributed by atoms with van der Waals surface area (Å²) in [6, 6.07) is 11.3. The zero-order chi connectivity index (χ0) is 15.4. The van der Waals surface area contributed by atoms with Gasteiger partial charge in [-0.05, 0) is 42.5 Å². The van der Waals surface area contributed by atoms with Crippen LogP contribution in [-0.4, -0.2) is 24.2 Å².